The molecule has 0 spiro atoms. The van der Waals surface area contributed by atoms with Crippen LogP contribution in [0.4, 0.5) is 4.79 Å². The standard InChI is InChI=1S/C17H17N5O4/c1-21-6-5-18-14(21)17(15(24)19-16(25)20-17)9-22-8-10-3-4-11(26-2)7-12(10)13(22)23/h3-8,23H,9H2,1-2H3,(H2,19,20,24,25). The van der Waals surface area contributed by atoms with E-state index in [9.17, 15) is 14.7 Å². The first-order valence-electron chi connectivity index (χ1n) is 7.92. The fraction of sp³-hybridized carbons (Fsp3) is 0.235. The van der Waals surface area contributed by atoms with E-state index in [2.05, 4.69) is 15.6 Å². The van der Waals surface area contributed by atoms with Gasteiger partial charge in [-0.05, 0) is 18.2 Å². The monoisotopic (exact) mass is 355 g/mol. The predicted octanol–water partition coefficient (Wildman–Crippen LogP) is 0.824. The minimum Gasteiger partial charge on any atom is -0.497 e. The lowest BCUT2D eigenvalue weighted by Crippen LogP contribution is -2.49. The Morgan fingerprint density at radius 3 is 2.77 bits per heavy atom. The van der Waals surface area contributed by atoms with Gasteiger partial charge in [0.1, 0.15) is 11.6 Å². The van der Waals surface area contributed by atoms with E-state index in [4.69, 9.17) is 4.74 Å². The van der Waals surface area contributed by atoms with Crippen molar-refractivity contribution in [1.29, 1.82) is 0 Å². The third-order valence-corrected chi connectivity index (χ3v) is 4.62. The molecule has 2 aromatic heterocycles. The largest absolute Gasteiger partial charge is 0.497 e. The van der Waals surface area contributed by atoms with E-state index in [-0.39, 0.29) is 12.4 Å². The summed E-state index contributed by atoms with van der Waals surface area (Å²) in [7, 11) is 3.28. The Bertz CT molecular complexity index is 1040. The van der Waals surface area contributed by atoms with Crippen molar-refractivity contribution in [3.63, 3.8) is 0 Å². The Morgan fingerprint density at radius 1 is 1.35 bits per heavy atom. The molecule has 1 aliphatic rings. The quantitative estimate of drug-likeness (QED) is 0.600. The maximum absolute atomic E-state index is 12.6. The fourth-order valence-electron chi connectivity index (χ4n) is 3.34. The van der Waals surface area contributed by atoms with Gasteiger partial charge in [0.15, 0.2) is 11.4 Å². The van der Waals surface area contributed by atoms with Crippen LogP contribution in [0.15, 0.2) is 36.8 Å². The third kappa shape index (κ3) is 2.20. The number of fused-ring (bicyclic) bond motifs is 1. The normalized spacial score (nSPS) is 19.6. The number of urea groups is 1. The van der Waals surface area contributed by atoms with Crippen molar-refractivity contribution in [3.05, 3.63) is 42.6 Å². The lowest BCUT2D eigenvalue weighted by Gasteiger charge is -2.26. The number of aromatic nitrogens is 3. The van der Waals surface area contributed by atoms with Crippen LogP contribution in [-0.4, -0.2) is 38.3 Å². The number of carbonyl (C=O) groups excluding carboxylic acids is 2. The van der Waals surface area contributed by atoms with Crippen LogP contribution in [0.3, 0.4) is 0 Å². The smallest absolute Gasteiger partial charge is 0.322 e. The summed E-state index contributed by atoms with van der Waals surface area (Å²) < 4.78 is 8.37. The molecule has 1 fully saturated rings. The molecular weight excluding hydrogens is 338 g/mol. The third-order valence-electron chi connectivity index (χ3n) is 4.62. The van der Waals surface area contributed by atoms with E-state index in [1.807, 2.05) is 6.07 Å². The van der Waals surface area contributed by atoms with Gasteiger partial charge in [0.25, 0.3) is 5.91 Å². The van der Waals surface area contributed by atoms with Crippen LogP contribution in [0.25, 0.3) is 10.8 Å². The second-order valence-corrected chi connectivity index (χ2v) is 6.21. The predicted molar refractivity (Wildman–Crippen MR) is 91.7 cm³/mol. The highest BCUT2D eigenvalue weighted by Gasteiger charge is 2.51. The Balaban J connectivity index is 1.84. The second kappa shape index (κ2) is 5.51. The summed E-state index contributed by atoms with van der Waals surface area (Å²) in [6.45, 7) is -0.0156. The number of aryl methyl sites for hydroxylation is 1. The average Bonchev–Trinajstić information content (AvgIpc) is 3.25. The highest BCUT2D eigenvalue weighted by molar-refractivity contribution is 6.07. The first-order valence-corrected chi connectivity index (χ1v) is 7.92. The molecule has 1 saturated heterocycles. The lowest BCUT2D eigenvalue weighted by atomic mass is 9.98. The molecule has 4 rings (SSSR count). The molecule has 0 saturated carbocycles. The topological polar surface area (TPSA) is 110 Å². The van der Waals surface area contributed by atoms with Gasteiger partial charge in [-0.3, -0.25) is 10.1 Å². The van der Waals surface area contributed by atoms with Crippen molar-refractivity contribution in [2.75, 3.05) is 7.11 Å². The number of nitrogens with one attached hydrogen (secondary N) is 2. The number of ether oxygens (including phenoxy) is 1. The molecule has 0 bridgehead atoms. The Morgan fingerprint density at radius 2 is 2.15 bits per heavy atom. The zero-order chi connectivity index (χ0) is 18.5. The van der Waals surface area contributed by atoms with Gasteiger partial charge in [0.2, 0.25) is 0 Å². The molecule has 1 unspecified atom stereocenters. The van der Waals surface area contributed by atoms with Crippen LogP contribution in [-0.2, 0) is 23.9 Å². The summed E-state index contributed by atoms with van der Waals surface area (Å²) in [5, 5.41) is 16.9. The summed E-state index contributed by atoms with van der Waals surface area (Å²) >= 11 is 0. The van der Waals surface area contributed by atoms with E-state index in [0.717, 1.165) is 5.39 Å². The van der Waals surface area contributed by atoms with Crippen LogP contribution in [0, 0.1) is 0 Å². The maximum atomic E-state index is 12.6. The minimum absolute atomic E-state index is 0.0156. The van der Waals surface area contributed by atoms with Crippen LogP contribution < -0.4 is 15.4 Å². The van der Waals surface area contributed by atoms with E-state index in [1.165, 1.54) is 4.57 Å². The van der Waals surface area contributed by atoms with Crippen LogP contribution in [0.5, 0.6) is 11.6 Å². The summed E-state index contributed by atoms with van der Waals surface area (Å²) in [5.41, 5.74) is -1.42. The van der Waals surface area contributed by atoms with E-state index < -0.39 is 17.5 Å². The van der Waals surface area contributed by atoms with Crippen LogP contribution >= 0.6 is 0 Å². The lowest BCUT2D eigenvalue weighted by molar-refractivity contribution is -0.125. The number of carbonyl (C=O) groups is 2. The number of rotatable bonds is 4. The van der Waals surface area contributed by atoms with Crippen molar-refractivity contribution >= 4 is 22.7 Å². The van der Waals surface area contributed by atoms with Crippen molar-refractivity contribution in [1.82, 2.24) is 24.8 Å². The summed E-state index contributed by atoms with van der Waals surface area (Å²) in [5.74, 6) is 0.430. The van der Waals surface area contributed by atoms with Gasteiger partial charge in [0.05, 0.1) is 13.7 Å². The van der Waals surface area contributed by atoms with Crippen molar-refractivity contribution in [2.45, 2.75) is 12.1 Å². The highest BCUT2D eigenvalue weighted by atomic mass is 16.5. The van der Waals surface area contributed by atoms with Gasteiger partial charge in [-0.25, -0.2) is 9.78 Å². The molecule has 0 radical (unpaired) electrons. The van der Waals surface area contributed by atoms with E-state index in [1.54, 1.807) is 49.4 Å². The number of hydrogen-bond acceptors (Lipinski definition) is 5. The van der Waals surface area contributed by atoms with Gasteiger partial charge in [-0.1, -0.05) is 0 Å². The maximum Gasteiger partial charge on any atom is 0.322 e. The molecule has 0 aliphatic carbocycles. The van der Waals surface area contributed by atoms with E-state index in [0.29, 0.717) is 17.0 Å². The fourth-order valence-corrected chi connectivity index (χ4v) is 3.34. The molecule has 1 aliphatic heterocycles. The highest BCUT2D eigenvalue weighted by Crippen LogP contribution is 2.34. The summed E-state index contributed by atoms with van der Waals surface area (Å²) in [6.07, 6.45) is 4.95. The number of aromatic hydroxyl groups is 1. The number of amides is 3. The van der Waals surface area contributed by atoms with Gasteiger partial charge in [0, 0.05) is 36.4 Å². The molecule has 3 heterocycles. The van der Waals surface area contributed by atoms with Gasteiger partial charge >= 0.3 is 6.03 Å². The Hall–Kier alpha value is -3.49. The Kier molecular flexibility index (Phi) is 3.39. The average molecular weight is 355 g/mol. The van der Waals surface area contributed by atoms with Gasteiger partial charge in [-0.2, -0.15) is 0 Å². The number of hydrogen-bond donors (Lipinski definition) is 3. The zero-order valence-corrected chi connectivity index (χ0v) is 14.2. The van der Waals surface area contributed by atoms with Gasteiger partial charge in [-0.15, -0.1) is 0 Å². The van der Waals surface area contributed by atoms with Crippen molar-refractivity contribution in [2.24, 2.45) is 7.05 Å². The molecule has 1 aromatic carbocycles. The van der Waals surface area contributed by atoms with Crippen molar-refractivity contribution < 1.29 is 19.4 Å². The van der Waals surface area contributed by atoms with Crippen LogP contribution in [0.2, 0.25) is 0 Å². The number of benzene rings is 1. The molecule has 1 atom stereocenters. The van der Waals surface area contributed by atoms with E-state index >= 15 is 0 Å². The molecule has 3 amide bonds. The SMILES string of the molecule is COc1ccc2cn(CC3(c4nccn4C)NC(=O)NC3=O)c(O)c2c1. The Labute approximate surface area is 148 Å². The second-order valence-electron chi connectivity index (χ2n) is 6.21. The van der Waals surface area contributed by atoms with Crippen molar-refractivity contribution in [3.8, 4) is 11.6 Å². The van der Waals surface area contributed by atoms with Gasteiger partial charge < -0.3 is 24.3 Å². The number of imidazole rings is 1. The number of nitrogens with zero attached hydrogens (tertiary/aromatic N) is 3. The zero-order valence-electron chi connectivity index (χ0n) is 14.2. The molecule has 9 nitrogen and oxygen atoms in total. The first kappa shape index (κ1) is 16.0. The van der Waals surface area contributed by atoms with Crippen LogP contribution in [0.1, 0.15) is 5.82 Å². The summed E-state index contributed by atoms with van der Waals surface area (Å²) in [4.78, 5) is 28.7. The number of methoxy groups -OCH3 is 1. The first-order chi connectivity index (χ1) is 12.4. The molecule has 26 heavy (non-hydrogen) atoms. The minimum atomic E-state index is -1.42. The summed E-state index contributed by atoms with van der Waals surface area (Å²) in [6, 6.07) is 4.70. The molecule has 9 heteroatoms. The molecule has 3 N–H and O–H groups in total. The molecule has 134 valence electrons. The molecule has 3 aromatic rings. The molecular formula is C17H17N5O4. The number of imide groups is 1.